The quantitative estimate of drug-likeness (QED) is 0.0635. The van der Waals surface area contributed by atoms with Crippen LogP contribution in [0.2, 0.25) is 0 Å². The van der Waals surface area contributed by atoms with Gasteiger partial charge in [0, 0.05) is 56.5 Å². The third-order valence-electron chi connectivity index (χ3n) is 8.90. The van der Waals surface area contributed by atoms with Crippen molar-refractivity contribution < 1.29 is 27.6 Å². The Morgan fingerprint density at radius 2 is 1.40 bits per heavy atom. The van der Waals surface area contributed by atoms with Crippen LogP contribution in [0.15, 0.2) is 12.5 Å². The van der Waals surface area contributed by atoms with Crippen molar-refractivity contribution in [3.8, 4) is 0 Å². The van der Waals surface area contributed by atoms with Gasteiger partial charge in [-0.25, -0.2) is 13.4 Å². The number of nitrogens with one attached hydrogen (secondary N) is 4. The summed E-state index contributed by atoms with van der Waals surface area (Å²) in [5.74, 6) is 0.436. The van der Waals surface area contributed by atoms with Crippen LogP contribution in [0.4, 0.5) is 0 Å². The van der Waals surface area contributed by atoms with Crippen molar-refractivity contribution in [2.45, 2.75) is 168 Å². The Labute approximate surface area is 311 Å². The molecule has 0 bridgehead atoms. The lowest BCUT2D eigenvalue weighted by Gasteiger charge is -2.13. The minimum Gasteiger partial charge on any atom is -0.356 e. The highest BCUT2D eigenvalue weighted by molar-refractivity contribution is 7.90. The van der Waals surface area contributed by atoms with Crippen molar-refractivity contribution in [1.29, 1.82) is 0 Å². The lowest BCUT2D eigenvalue weighted by Crippen LogP contribution is -2.31. The summed E-state index contributed by atoms with van der Waals surface area (Å²) in [6.07, 6.45) is 25.2. The largest absolute Gasteiger partial charge is 0.356 e. The second kappa shape index (κ2) is 30.0. The minimum absolute atomic E-state index is 0.0553. The van der Waals surface area contributed by atoms with Crippen LogP contribution in [-0.4, -0.2) is 74.7 Å². The summed E-state index contributed by atoms with van der Waals surface area (Å²) in [6.45, 7) is 5.68. The number of tetrazole rings is 1. The summed E-state index contributed by atoms with van der Waals surface area (Å²) in [7, 11) is -3.41. The molecule has 15 heteroatoms. The van der Waals surface area contributed by atoms with Crippen molar-refractivity contribution in [2.24, 2.45) is 5.92 Å². The number of nitrogens with zero attached hydrogens (tertiary/aromatic N) is 4. The van der Waals surface area contributed by atoms with E-state index in [0.29, 0.717) is 45.1 Å². The molecule has 2 aromatic rings. The molecule has 52 heavy (non-hydrogen) atoms. The summed E-state index contributed by atoms with van der Waals surface area (Å²) in [5, 5.41) is 16.8. The van der Waals surface area contributed by atoms with E-state index in [-0.39, 0.29) is 35.1 Å². The van der Waals surface area contributed by atoms with Gasteiger partial charge in [-0.05, 0) is 52.4 Å². The fraction of sp³-hybridized carbons (Fsp3) is 0.784. The van der Waals surface area contributed by atoms with Crippen LogP contribution in [0.1, 0.15) is 167 Å². The number of unbranched alkanes of at least 4 members (excludes halogenated alkanes) is 13. The van der Waals surface area contributed by atoms with Gasteiger partial charge in [0.15, 0.2) is 5.82 Å². The molecule has 0 radical (unpaired) electrons. The molecule has 14 nitrogen and oxygen atoms in total. The lowest BCUT2D eigenvalue weighted by atomic mass is 9.91. The van der Waals surface area contributed by atoms with E-state index in [1.807, 2.05) is 6.92 Å². The summed E-state index contributed by atoms with van der Waals surface area (Å²) in [6, 6.07) is 0. The molecule has 296 valence electrons. The molecule has 2 amide bonds. The summed E-state index contributed by atoms with van der Waals surface area (Å²) >= 11 is 0. The molecular formula is C37H66N8O6S. The first-order valence-electron chi connectivity index (χ1n) is 19.6. The van der Waals surface area contributed by atoms with E-state index in [0.717, 1.165) is 62.9 Å². The van der Waals surface area contributed by atoms with E-state index in [1.54, 1.807) is 19.4 Å². The van der Waals surface area contributed by atoms with Crippen molar-refractivity contribution in [3.05, 3.63) is 24.0 Å². The standard InChI is InChI=1S/C19H37N5O3S.C18H29N3O3/c1-2-28(26,27)22-19(25)17-15-13-11-9-7-5-3-4-6-8-10-12-14-16-18-20-23-24-21-18;1-3-6-18(24)20-10-5-4-7-15(14(2)22)11-17(23)9-8-16-12-19-13-21-16/h2-17H2,1H3,(H,22,25)(H,20,21,23,24);12-13,15H,3-11H2,1-2H3,(H,19,21)(H,20,24)/t;15-/m.1/s1. The fourth-order valence-electron chi connectivity index (χ4n) is 5.68. The molecule has 2 rings (SSSR count). The molecular weight excluding hydrogens is 685 g/mol. The Hall–Kier alpha value is -3.49. The van der Waals surface area contributed by atoms with E-state index < -0.39 is 10.0 Å². The van der Waals surface area contributed by atoms with Gasteiger partial charge < -0.3 is 10.3 Å². The molecule has 1 atom stereocenters. The van der Waals surface area contributed by atoms with Gasteiger partial charge in [-0.15, -0.1) is 10.2 Å². The number of Topliss-reactive ketones (excluding diaryl/α,β-unsaturated/α-hetero) is 2. The van der Waals surface area contributed by atoms with Gasteiger partial charge in [-0.2, -0.15) is 5.21 Å². The van der Waals surface area contributed by atoms with Gasteiger partial charge in [0.25, 0.3) is 0 Å². The predicted octanol–water partition coefficient (Wildman–Crippen LogP) is 6.26. The topological polar surface area (TPSA) is 210 Å². The second-order valence-electron chi connectivity index (χ2n) is 13.6. The van der Waals surface area contributed by atoms with Gasteiger partial charge in [-0.3, -0.25) is 23.9 Å². The van der Waals surface area contributed by atoms with Gasteiger partial charge in [-0.1, -0.05) is 89.2 Å². The van der Waals surface area contributed by atoms with Gasteiger partial charge >= 0.3 is 0 Å². The average Bonchev–Trinajstić information content (AvgIpc) is 3.84. The fourth-order valence-corrected chi connectivity index (χ4v) is 6.27. The zero-order valence-corrected chi connectivity index (χ0v) is 32.9. The number of aromatic amines is 2. The Balaban J connectivity index is 0.000000526. The lowest BCUT2D eigenvalue weighted by molar-refractivity contribution is -0.127. The monoisotopic (exact) mass is 750 g/mol. The van der Waals surface area contributed by atoms with Crippen molar-refractivity contribution >= 4 is 33.4 Å². The number of aromatic nitrogens is 6. The summed E-state index contributed by atoms with van der Waals surface area (Å²) in [5.41, 5.74) is 0.936. The first-order chi connectivity index (χ1) is 25.1. The summed E-state index contributed by atoms with van der Waals surface area (Å²) in [4.78, 5) is 53.5. The second-order valence-corrected chi connectivity index (χ2v) is 15.6. The molecule has 4 N–H and O–H groups in total. The predicted molar refractivity (Wildman–Crippen MR) is 203 cm³/mol. The molecule has 2 heterocycles. The molecule has 0 saturated carbocycles. The van der Waals surface area contributed by atoms with E-state index >= 15 is 0 Å². The number of ketones is 2. The van der Waals surface area contributed by atoms with E-state index in [1.165, 1.54) is 64.7 Å². The van der Waals surface area contributed by atoms with Crippen LogP contribution >= 0.6 is 0 Å². The average molecular weight is 751 g/mol. The number of carbonyl (C=O) groups excluding carboxylic acids is 4. The number of imidazole rings is 1. The first kappa shape index (κ1) is 46.5. The van der Waals surface area contributed by atoms with Gasteiger partial charge in [0.2, 0.25) is 21.8 Å². The first-order valence-corrected chi connectivity index (χ1v) is 21.2. The number of aryl methyl sites for hydroxylation is 2. The zero-order valence-electron chi connectivity index (χ0n) is 32.1. The van der Waals surface area contributed by atoms with Crippen LogP contribution in [0.5, 0.6) is 0 Å². The van der Waals surface area contributed by atoms with Crippen molar-refractivity contribution in [1.82, 2.24) is 40.6 Å². The Morgan fingerprint density at radius 1 is 0.769 bits per heavy atom. The Kier molecular flexibility index (Phi) is 26.9. The Morgan fingerprint density at radius 3 is 1.94 bits per heavy atom. The maximum Gasteiger partial charge on any atom is 0.234 e. The number of sulfonamides is 1. The highest BCUT2D eigenvalue weighted by atomic mass is 32.2. The summed E-state index contributed by atoms with van der Waals surface area (Å²) < 4.78 is 24.6. The van der Waals surface area contributed by atoms with Crippen LogP contribution in [0.25, 0.3) is 0 Å². The smallest absolute Gasteiger partial charge is 0.234 e. The number of H-pyrrole nitrogens is 2. The number of rotatable bonds is 31. The number of hydrogen-bond donors (Lipinski definition) is 4. The van der Waals surface area contributed by atoms with Crippen LogP contribution in [0, 0.1) is 5.92 Å². The number of amides is 2. The van der Waals surface area contributed by atoms with Crippen LogP contribution in [0.3, 0.4) is 0 Å². The normalized spacial score (nSPS) is 11.8. The molecule has 0 saturated heterocycles. The Bertz CT molecular complexity index is 1320. The van der Waals surface area contributed by atoms with Crippen molar-refractivity contribution in [3.63, 3.8) is 0 Å². The SMILES string of the molecule is CCCC(=O)NCCCC[C@H](CC(=O)CCc1cnc[nH]1)C(C)=O.CCS(=O)(=O)NC(=O)CCCCCCCCCCCCCCCc1nn[nH]n1. The van der Waals surface area contributed by atoms with Gasteiger partial charge in [0.05, 0.1) is 12.1 Å². The molecule has 0 aliphatic carbocycles. The zero-order chi connectivity index (χ0) is 38.3. The van der Waals surface area contributed by atoms with Crippen molar-refractivity contribution in [2.75, 3.05) is 12.3 Å². The maximum atomic E-state index is 12.1. The molecule has 0 aliphatic heterocycles. The molecule has 0 aliphatic rings. The molecule has 0 spiro atoms. The molecule has 0 unspecified atom stereocenters. The van der Waals surface area contributed by atoms with Crippen LogP contribution < -0.4 is 10.0 Å². The van der Waals surface area contributed by atoms with Gasteiger partial charge in [0.1, 0.15) is 11.6 Å². The van der Waals surface area contributed by atoms with Crippen LogP contribution in [-0.2, 0) is 42.0 Å². The van der Waals surface area contributed by atoms with E-state index in [2.05, 4.69) is 40.6 Å². The highest BCUT2D eigenvalue weighted by Crippen LogP contribution is 2.17. The molecule has 2 aromatic heterocycles. The highest BCUT2D eigenvalue weighted by Gasteiger charge is 2.18. The third kappa shape index (κ3) is 26.3. The van der Waals surface area contributed by atoms with E-state index in [4.69, 9.17) is 0 Å². The van der Waals surface area contributed by atoms with E-state index in [9.17, 15) is 27.6 Å². The third-order valence-corrected chi connectivity index (χ3v) is 10.2. The number of hydrogen-bond acceptors (Lipinski definition) is 10. The minimum atomic E-state index is -3.41. The maximum absolute atomic E-state index is 12.1. The molecule has 0 fully saturated rings. The molecule has 0 aromatic carbocycles. The number of carbonyl (C=O) groups is 4.